The van der Waals surface area contributed by atoms with E-state index in [1.165, 1.54) is 12.1 Å². The molecule has 0 N–H and O–H groups in total. The fraction of sp³-hybridized carbons (Fsp3) is 0.364. The van der Waals surface area contributed by atoms with Gasteiger partial charge in [0.25, 0.3) is 5.91 Å². The minimum absolute atomic E-state index is 0.159. The number of carbonyl (C=O) groups is 1. The van der Waals surface area contributed by atoms with Crippen LogP contribution >= 0.6 is 11.6 Å². The third kappa shape index (κ3) is 2.69. The van der Waals surface area contributed by atoms with Crippen LogP contribution in [0.2, 0.25) is 5.02 Å². The zero-order valence-corrected chi connectivity index (χ0v) is 9.51. The highest BCUT2D eigenvalue weighted by Gasteiger charge is 2.15. The Hall–Kier alpha value is -1.09. The molecule has 0 saturated heterocycles. The fourth-order valence-corrected chi connectivity index (χ4v) is 1.59. The smallest absolute Gasteiger partial charge is 0.255 e. The summed E-state index contributed by atoms with van der Waals surface area (Å²) in [5.41, 5.74) is 0.349. The molecule has 1 rings (SSSR count). The van der Waals surface area contributed by atoms with E-state index in [4.69, 9.17) is 11.6 Å². The van der Waals surface area contributed by atoms with E-state index in [1.807, 2.05) is 13.8 Å². The molecule has 0 aliphatic carbocycles. The first-order valence-electron chi connectivity index (χ1n) is 4.84. The second kappa shape index (κ2) is 5.12. The predicted octanol–water partition coefficient (Wildman–Crippen LogP) is 2.96. The minimum Gasteiger partial charge on any atom is -0.339 e. The molecule has 0 aliphatic rings. The van der Waals surface area contributed by atoms with Crippen molar-refractivity contribution in [3.05, 3.63) is 34.6 Å². The average molecular weight is 230 g/mol. The van der Waals surface area contributed by atoms with Crippen LogP contribution in [0.4, 0.5) is 4.39 Å². The van der Waals surface area contributed by atoms with E-state index >= 15 is 0 Å². The number of nitrogens with zero attached hydrogens (tertiary/aromatic N) is 1. The lowest BCUT2D eigenvalue weighted by atomic mass is 10.2. The van der Waals surface area contributed by atoms with E-state index in [0.717, 1.165) is 6.07 Å². The van der Waals surface area contributed by atoms with E-state index in [0.29, 0.717) is 18.7 Å². The molecule has 2 nitrogen and oxygen atoms in total. The maximum absolute atomic E-state index is 12.8. The lowest BCUT2D eigenvalue weighted by Crippen LogP contribution is -2.30. The molecule has 0 saturated carbocycles. The molecule has 0 spiro atoms. The third-order valence-electron chi connectivity index (χ3n) is 2.21. The summed E-state index contributed by atoms with van der Waals surface area (Å²) in [5.74, 6) is -0.596. The van der Waals surface area contributed by atoms with Crippen molar-refractivity contribution in [1.82, 2.24) is 4.90 Å². The zero-order valence-electron chi connectivity index (χ0n) is 8.76. The molecule has 1 aromatic carbocycles. The van der Waals surface area contributed by atoms with Crippen molar-refractivity contribution in [1.29, 1.82) is 0 Å². The van der Waals surface area contributed by atoms with E-state index in [1.54, 1.807) is 4.90 Å². The monoisotopic (exact) mass is 229 g/mol. The number of rotatable bonds is 3. The second-order valence-corrected chi connectivity index (χ2v) is 3.51. The Morgan fingerprint density at radius 1 is 1.40 bits per heavy atom. The fourth-order valence-electron chi connectivity index (χ4n) is 1.34. The van der Waals surface area contributed by atoms with Crippen molar-refractivity contribution in [2.24, 2.45) is 0 Å². The first-order valence-corrected chi connectivity index (χ1v) is 5.22. The summed E-state index contributed by atoms with van der Waals surface area (Å²) in [6.07, 6.45) is 0. The van der Waals surface area contributed by atoms with Crippen molar-refractivity contribution >= 4 is 17.5 Å². The van der Waals surface area contributed by atoms with Crippen LogP contribution in [0.15, 0.2) is 18.2 Å². The van der Waals surface area contributed by atoms with Crippen LogP contribution in [0, 0.1) is 5.82 Å². The molecule has 0 bridgehead atoms. The van der Waals surface area contributed by atoms with Crippen LogP contribution in [0.25, 0.3) is 0 Å². The summed E-state index contributed by atoms with van der Waals surface area (Å²) in [4.78, 5) is 13.5. The summed E-state index contributed by atoms with van der Waals surface area (Å²) in [7, 11) is 0. The second-order valence-electron chi connectivity index (χ2n) is 3.10. The van der Waals surface area contributed by atoms with E-state index in [-0.39, 0.29) is 10.9 Å². The van der Waals surface area contributed by atoms with Gasteiger partial charge in [-0.2, -0.15) is 0 Å². The van der Waals surface area contributed by atoms with Crippen molar-refractivity contribution in [2.45, 2.75) is 13.8 Å². The first kappa shape index (κ1) is 12.0. The van der Waals surface area contributed by atoms with Gasteiger partial charge in [0.15, 0.2) is 0 Å². The van der Waals surface area contributed by atoms with Crippen LogP contribution in [-0.2, 0) is 0 Å². The Bertz CT molecular complexity index is 364. The highest BCUT2D eigenvalue weighted by atomic mass is 35.5. The largest absolute Gasteiger partial charge is 0.339 e. The van der Waals surface area contributed by atoms with Gasteiger partial charge >= 0.3 is 0 Å². The van der Waals surface area contributed by atoms with Gasteiger partial charge in [-0.1, -0.05) is 11.6 Å². The van der Waals surface area contributed by atoms with E-state index in [2.05, 4.69) is 0 Å². The SMILES string of the molecule is CCN(CC)C(=O)c1ccc(F)cc1Cl. The van der Waals surface area contributed by atoms with E-state index in [9.17, 15) is 9.18 Å². The van der Waals surface area contributed by atoms with Crippen LogP contribution in [0.5, 0.6) is 0 Å². The van der Waals surface area contributed by atoms with Gasteiger partial charge in [-0.3, -0.25) is 4.79 Å². The molecule has 0 heterocycles. The summed E-state index contributed by atoms with van der Waals surface area (Å²) < 4.78 is 12.8. The highest BCUT2D eigenvalue weighted by Crippen LogP contribution is 2.18. The molecule has 0 atom stereocenters. The quantitative estimate of drug-likeness (QED) is 0.781. The Balaban J connectivity index is 3.00. The van der Waals surface area contributed by atoms with Gasteiger partial charge in [-0.15, -0.1) is 0 Å². The van der Waals surface area contributed by atoms with Crippen LogP contribution < -0.4 is 0 Å². The van der Waals surface area contributed by atoms with Crippen LogP contribution in [0.3, 0.4) is 0 Å². The van der Waals surface area contributed by atoms with Gasteiger partial charge in [0.05, 0.1) is 10.6 Å². The number of hydrogen-bond donors (Lipinski definition) is 0. The number of halogens is 2. The molecule has 1 amide bonds. The number of carbonyl (C=O) groups excluding carboxylic acids is 1. The molecule has 82 valence electrons. The molecule has 0 unspecified atom stereocenters. The molecular weight excluding hydrogens is 217 g/mol. The number of benzene rings is 1. The van der Waals surface area contributed by atoms with E-state index < -0.39 is 5.82 Å². The van der Waals surface area contributed by atoms with Gasteiger partial charge in [0.1, 0.15) is 5.82 Å². The lowest BCUT2D eigenvalue weighted by molar-refractivity contribution is 0.0773. The third-order valence-corrected chi connectivity index (χ3v) is 2.52. The Labute approximate surface area is 93.6 Å². The molecule has 15 heavy (non-hydrogen) atoms. The first-order chi connectivity index (χ1) is 7.10. The maximum atomic E-state index is 12.8. The van der Waals surface area contributed by atoms with Gasteiger partial charge in [0, 0.05) is 13.1 Å². The summed E-state index contributed by atoms with van der Waals surface area (Å²) >= 11 is 5.79. The van der Waals surface area contributed by atoms with Crippen molar-refractivity contribution in [2.75, 3.05) is 13.1 Å². The van der Waals surface area contributed by atoms with Gasteiger partial charge in [0.2, 0.25) is 0 Å². The molecule has 4 heteroatoms. The molecular formula is C11H13ClFNO. The van der Waals surface area contributed by atoms with Crippen molar-refractivity contribution in [3.63, 3.8) is 0 Å². The van der Waals surface area contributed by atoms with Gasteiger partial charge < -0.3 is 4.90 Å². The minimum atomic E-state index is -0.434. The molecule has 1 aromatic rings. The highest BCUT2D eigenvalue weighted by molar-refractivity contribution is 6.33. The van der Waals surface area contributed by atoms with Crippen molar-refractivity contribution < 1.29 is 9.18 Å². The normalized spacial score (nSPS) is 10.1. The standard InChI is InChI=1S/C11H13ClFNO/c1-3-14(4-2)11(15)9-6-5-8(13)7-10(9)12/h5-7H,3-4H2,1-2H3. The Morgan fingerprint density at radius 2 is 2.00 bits per heavy atom. The Morgan fingerprint density at radius 3 is 2.47 bits per heavy atom. The lowest BCUT2D eigenvalue weighted by Gasteiger charge is -2.19. The van der Waals surface area contributed by atoms with Gasteiger partial charge in [-0.05, 0) is 32.0 Å². The summed E-state index contributed by atoms with van der Waals surface area (Å²) in [5, 5.41) is 0.159. The van der Waals surface area contributed by atoms with Crippen LogP contribution in [-0.4, -0.2) is 23.9 Å². The summed E-state index contributed by atoms with van der Waals surface area (Å²) in [6.45, 7) is 5.00. The summed E-state index contributed by atoms with van der Waals surface area (Å²) in [6, 6.07) is 3.80. The average Bonchev–Trinajstić information content (AvgIpc) is 2.19. The van der Waals surface area contributed by atoms with Crippen molar-refractivity contribution in [3.8, 4) is 0 Å². The molecule has 0 aliphatic heterocycles. The molecule has 0 aromatic heterocycles. The number of hydrogen-bond acceptors (Lipinski definition) is 1. The zero-order chi connectivity index (χ0) is 11.4. The maximum Gasteiger partial charge on any atom is 0.255 e. The Kier molecular flexibility index (Phi) is 4.09. The van der Waals surface area contributed by atoms with Crippen LogP contribution in [0.1, 0.15) is 24.2 Å². The topological polar surface area (TPSA) is 20.3 Å². The molecule has 0 radical (unpaired) electrons. The number of amides is 1. The predicted molar refractivity (Wildman–Crippen MR) is 58.7 cm³/mol. The molecule has 0 fully saturated rings. The van der Waals surface area contributed by atoms with Gasteiger partial charge in [-0.25, -0.2) is 4.39 Å².